The Morgan fingerprint density at radius 2 is 0.816 bits per heavy atom. The first kappa shape index (κ1) is 25.8. The van der Waals surface area contributed by atoms with Crippen molar-refractivity contribution < 1.29 is 26.3 Å². The molecule has 0 amide bonds. The molecule has 0 radical (unpaired) electrons. The fraction of sp³-hybridized carbons (Fsp3) is 0.0968. The minimum absolute atomic E-state index is 0.155. The molecule has 0 N–H and O–H groups in total. The predicted octanol–water partition coefficient (Wildman–Crippen LogP) is 9.23. The molecule has 0 aliphatic carbocycles. The van der Waals surface area contributed by atoms with E-state index in [1.54, 1.807) is 0 Å². The Hall–Kier alpha value is -3.84. The maximum atomic E-state index is 14.6. The summed E-state index contributed by atoms with van der Waals surface area (Å²) in [6.45, 7) is 3.84. The summed E-state index contributed by atoms with van der Waals surface area (Å²) in [4.78, 5) is 0. The molecule has 0 aromatic heterocycles. The van der Waals surface area contributed by atoms with E-state index in [0.717, 1.165) is 35.4 Å². The Kier molecular flexibility index (Phi) is 6.65. The lowest BCUT2D eigenvalue weighted by Gasteiger charge is -2.30. The Morgan fingerprint density at radius 1 is 0.500 bits per heavy atom. The average Bonchev–Trinajstić information content (AvgIpc) is 3.20. The van der Waals surface area contributed by atoms with E-state index < -0.39 is 43.0 Å². The molecule has 0 saturated heterocycles. The molecule has 0 unspecified atom stereocenters. The average molecular weight is 537 g/mol. The van der Waals surface area contributed by atoms with Crippen LogP contribution in [0.2, 0.25) is 12.6 Å². The normalized spacial score (nSPS) is 14.9. The molecule has 0 fully saturated rings. The zero-order valence-corrected chi connectivity index (χ0v) is 21.6. The van der Waals surface area contributed by atoms with Crippen LogP contribution in [0.15, 0.2) is 84.9 Å². The highest BCUT2D eigenvalue weighted by Crippen LogP contribution is 2.57. The third kappa shape index (κ3) is 4.11. The Labute approximate surface area is 217 Å². The van der Waals surface area contributed by atoms with Crippen molar-refractivity contribution in [3.05, 3.63) is 142 Å². The molecule has 1 aliphatic rings. The summed E-state index contributed by atoms with van der Waals surface area (Å²) in [6, 6.07) is 22.6. The van der Waals surface area contributed by atoms with Crippen molar-refractivity contribution in [2.75, 3.05) is 0 Å². The highest BCUT2D eigenvalue weighted by molar-refractivity contribution is 7.13. The van der Waals surface area contributed by atoms with Crippen LogP contribution in [0, 0.1) is 34.9 Å². The minimum atomic E-state index is -3.07. The summed E-state index contributed by atoms with van der Waals surface area (Å²) in [7, 11) is -3.07. The largest absolute Gasteiger partial charge is 0.204 e. The van der Waals surface area contributed by atoms with Gasteiger partial charge in [0.2, 0.25) is 0 Å². The van der Waals surface area contributed by atoms with E-state index in [9.17, 15) is 26.3 Å². The summed E-state index contributed by atoms with van der Waals surface area (Å²) in [5.74, 6) is -8.48. The van der Waals surface area contributed by atoms with E-state index in [2.05, 4.69) is 0 Å². The van der Waals surface area contributed by atoms with Gasteiger partial charge in [0.15, 0.2) is 34.9 Å². The minimum Gasteiger partial charge on any atom is -0.204 e. The van der Waals surface area contributed by atoms with Gasteiger partial charge in [0.25, 0.3) is 0 Å². The maximum Gasteiger partial charge on any atom is 0.194 e. The number of hydrogen-bond acceptors (Lipinski definition) is 0. The fourth-order valence-electron chi connectivity index (χ4n) is 5.39. The van der Waals surface area contributed by atoms with Gasteiger partial charge in [0.1, 0.15) is 8.07 Å². The lowest BCUT2D eigenvalue weighted by molar-refractivity contribution is 0.447. The van der Waals surface area contributed by atoms with Crippen LogP contribution in [0.3, 0.4) is 0 Å². The number of hydrogen-bond donors (Lipinski definition) is 0. The topological polar surface area (TPSA) is 0 Å². The van der Waals surface area contributed by atoms with E-state index in [-0.39, 0.29) is 11.1 Å². The third-order valence-corrected chi connectivity index (χ3v) is 11.9. The Balaban J connectivity index is 1.98. The summed E-state index contributed by atoms with van der Waals surface area (Å²) < 4.78 is 86.4. The van der Waals surface area contributed by atoms with Crippen LogP contribution in [-0.4, -0.2) is 8.07 Å². The first-order chi connectivity index (χ1) is 18.2. The number of rotatable bonds is 5. The first-order valence-electron chi connectivity index (χ1n) is 12.1. The van der Waals surface area contributed by atoms with Crippen LogP contribution in [0.25, 0.3) is 21.5 Å². The Morgan fingerprint density at radius 3 is 1.11 bits per heavy atom. The van der Waals surface area contributed by atoms with Crippen LogP contribution in [-0.2, 0) is 0 Å². The molecule has 4 aromatic carbocycles. The van der Waals surface area contributed by atoms with Crippen molar-refractivity contribution in [1.82, 2.24) is 0 Å². The quantitative estimate of drug-likeness (QED) is 0.135. The van der Waals surface area contributed by atoms with Gasteiger partial charge in [0, 0.05) is 0 Å². The van der Waals surface area contributed by atoms with Gasteiger partial charge in [0.05, 0.1) is 0 Å². The highest BCUT2D eigenvalue weighted by Gasteiger charge is 2.46. The molecule has 0 nitrogen and oxygen atoms in total. The third-order valence-electron chi connectivity index (χ3n) is 7.23. The summed E-state index contributed by atoms with van der Waals surface area (Å²) in [5.41, 5.74) is 3.02. The van der Waals surface area contributed by atoms with Crippen molar-refractivity contribution in [2.24, 2.45) is 0 Å². The molecule has 1 aliphatic heterocycles. The second kappa shape index (κ2) is 9.80. The van der Waals surface area contributed by atoms with Gasteiger partial charge in [-0.15, -0.1) is 0 Å². The zero-order chi connectivity index (χ0) is 27.2. The van der Waals surface area contributed by atoms with Crippen LogP contribution < -0.4 is 0 Å². The standard InChI is InChI=1S/C31H22F6Si/c1-3-38(2)30(20-14-22(32)28(36)23(33)15-20)26(18-10-6-4-7-11-18)27(19-12-8-5-9-13-19)31(38)21-16-24(34)29(37)25(35)17-21/h4-17H,3H2,1-2H3. The molecule has 1 heterocycles. The lowest BCUT2D eigenvalue weighted by Crippen LogP contribution is -2.32. The molecular formula is C31H22F6Si. The Bertz CT molecular complexity index is 1440. The fourth-order valence-corrected chi connectivity index (χ4v) is 9.56. The molecule has 0 saturated carbocycles. The monoisotopic (exact) mass is 536 g/mol. The van der Waals surface area contributed by atoms with Crippen molar-refractivity contribution >= 4 is 29.6 Å². The molecule has 0 bridgehead atoms. The van der Waals surface area contributed by atoms with Crippen LogP contribution in [0.1, 0.15) is 29.2 Å². The zero-order valence-electron chi connectivity index (χ0n) is 20.6. The summed E-state index contributed by atoms with van der Waals surface area (Å²) in [5, 5.41) is 1.20. The van der Waals surface area contributed by atoms with Crippen molar-refractivity contribution in [3.63, 3.8) is 0 Å². The van der Waals surface area contributed by atoms with Gasteiger partial charge < -0.3 is 0 Å². The molecule has 192 valence electrons. The number of benzene rings is 4. The molecule has 5 rings (SSSR count). The lowest BCUT2D eigenvalue weighted by atomic mass is 9.89. The highest BCUT2D eigenvalue weighted by atomic mass is 28.3. The van der Waals surface area contributed by atoms with Crippen LogP contribution >= 0.6 is 0 Å². The second-order valence-electron chi connectivity index (χ2n) is 9.43. The molecule has 4 aromatic rings. The van der Waals surface area contributed by atoms with Crippen molar-refractivity contribution in [3.8, 4) is 0 Å². The van der Waals surface area contributed by atoms with E-state index >= 15 is 0 Å². The van der Waals surface area contributed by atoms with E-state index in [4.69, 9.17) is 0 Å². The molecule has 0 spiro atoms. The molecule has 38 heavy (non-hydrogen) atoms. The number of allylic oxidation sites excluding steroid dienone is 2. The van der Waals surface area contributed by atoms with E-state index in [0.29, 0.717) is 27.6 Å². The molecule has 0 atom stereocenters. The second-order valence-corrected chi connectivity index (χ2v) is 13.8. The van der Waals surface area contributed by atoms with Gasteiger partial charge >= 0.3 is 0 Å². The van der Waals surface area contributed by atoms with Crippen molar-refractivity contribution in [2.45, 2.75) is 19.5 Å². The van der Waals surface area contributed by atoms with E-state index in [1.807, 2.05) is 74.1 Å². The van der Waals surface area contributed by atoms with Gasteiger partial charge in [-0.05, 0) is 68.1 Å². The number of halogens is 6. The van der Waals surface area contributed by atoms with Gasteiger partial charge in [-0.25, -0.2) is 26.3 Å². The molecule has 7 heteroatoms. The van der Waals surface area contributed by atoms with Crippen LogP contribution in [0.5, 0.6) is 0 Å². The smallest absolute Gasteiger partial charge is 0.194 e. The summed E-state index contributed by atoms with van der Waals surface area (Å²) >= 11 is 0. The summed E-state index contributed by atoms with van der Waals surface area (Å²) in [6.07, 6.45) is 0. The van der Waals surface area contributed by atoms with Crippen LogP contribution in [0.4, 0.5) is 26.3 Å². The van der Waals surface area contributed by atoms with Gasteiger partial charge in [-0.1, -0.05) is 80.2 Å². The first-order valence-corrected chi connectivity index (χ1v) is 14.8. The molecular weight excluding hydrogens is 514 g/mol. The predicted molar refractivity (Wildman–Crippen MR) is 141 cm³/mol. The SMILES string of the molecule is CC[Si]1(C)C(c2cc(F)c(F)c(F)c2)=C(c2ccccc2)C(c2ccccc2)=C1c1cc(F)c(F)c(F)c1. The van der Waals surface area contributed by atoms with Crippen molar-refractivity contribution in [1.29, 1.82) is 0 Å². The van der Waals surface area contributed by atoms with Gasteiger partial charge in [-0.2, -0.15) is 0 Å². The van der Waals surface area contributed by atoms with E-state index in [1.165, 1.54) is 0 Å². The van der Waals surface area contributed by atoms with Gasteiger partial charge in [-0.3, -0.25) is 0 Å². The maximum absolute atomic E-state index is 14.6.